The Hall–Kier alpha value is -3.14. The Labute approximate surface area is 198 Å². The van der Waals surface area contributed by atoms with Gasteiger partial charge in [0.25, 0.3) is 0 Å². The summed E-state index contributed by atoms with van der Waals surface area (Å²) in [6.45, 7) is 4.10. The van der Waals surface area contributed by atoms with Crippen molar-refractivity contribution in [3.05, 3.63) is 30.1 Å². The number of piperidine rings is 3. The Morgan fingerprint density at radius 3 is 2.79 bits per heavy atom. The van der Waals surface area contributed by atoms with Crippen molar-refractivity contribution in [3.63, 3.8) is 0 Å². The average molecular weight is 462 g/mol. The summed E-state index contributed by atoms with van der Waals surface area (Å²) >= 11 is 0. The van der Waals surface area contributed by atoms with Crippen molar-refractivity contribution in [2.24, 2.45) is 5.92 Å². The number of carbonyl (C=O) groups is 1. The van der Waals surface area contributed by atoms with Crippen LogP contribution in [0.5, 0.6) is 0 Å². The highest BCUT2D eigenvalue weighted by Gasteiger charge is 2.39. The molecular weight excluding hydrogens is 430 g/mol. The summed E-state index contributed by atoms with van der Waals surface area (Å²) in [4.78, 5) is 22.8. The molecule has 3 aromatic heterocycles. The molecule has 10 heteroatoms. The van der Waals surface area contributed by atoms with Crippen LogP contribution in [-0.2, 0) is 4.79 Å². The van der Waals surface area contributed by atoms with E-state index in [1.165, 1.54) is 44.5 Å². The molecule has 0 radical (unpaired) electrons. The van der Waals surface area contributed by atoms with E-state index < -0.39 is 0 Å². The van der Waals surface area contributed by atoms with Crippen molar-refractivity contribution in [2.45, 2.75) is 56.5 Å². The monoisotopic (exact) mass is 461 g/mol. The minimum atomic E-state index is -0.233. The number of carbonyl (C=O) groups excluding carboxylic acids is 1. The fourth-order valence-corrected chi connectivity index (χ4v) is 5.95. The molecule has 2 bridgehead atoms. The summed E-state index contributed by atoms with van der Waals surface area (Å²) in [5.74, 6) is 3.37. The lowest BCUT2D eigenvalue weighted by Crippen LogP contribution is -2.59. The summed E-state index contributed by atoms with van der Waals surface area (Å²) in [5, 5.41) is 19.1. The number of aromatic nitrogens is 5. The van der Waals surface area contributed by atoms with E-state index in [4.69, 9.17) is 10.1 Å². The topological polar surface area (TPSA) is 106 Å². The highest BCUT2D eigenvalue weighted by molar-refractivity contribution is 5.86. The first-order valence-corrected chi connectivity index (χ1v) is 12.7. The minimum absolute atomic E-state index is 0.114. The first-order chi connectivity index (χ1) is 16.7. The summed E-state index contributed by atoms with van der Waals surface area (Å²) < 4.78 is 1.83. The Morgan fingerprint density at radius 1 is 1.12 bits per heavy atom. The Morgan fingerprint density at radius 2 is 2.00 bits per heavy atom. The van der Waals surface area contributed by atoms with Gasteiger partial charge in [0.15, 0.2) is 11.6 Å². The molecule has 0 aromatic carbocycles. The van der Waals surface area contributed by atoms with Gasteiger partial charge in [-0.15, -0.1) is 5.10 Å². The lowest BCUT2D eigenvalue weighted by atomic mass is 9.84. The minimum Gasteiger partial charge on any atom is -0.350 e. The molecule has 10 nitrogen and oxygen atoms in total. The molecule has 1 saturated carbocycles. The van der Waals surface area contributed by atoms with Crippen molar-refractivity contribution in [1.82, 2.24) is 35.0 Å². The van der Waals surface area contributed by atoms with Crippen LogP contribution in [0.3, 0.4) is 0 Å². The van der Waals surface area contributed by atoms with Crippen molar-refractivity contribution in [1.29, 1.82) is 0 Å². The molecule has 7 heterocycles. The third-order valence-electron chi connectivity index (χ3n) is 8.04. The predicted molar refractivity (Wildman–Crippen MR) is 128 cm³/mol. The van der Waals surface area contributed by atoms with E-state index in [1.807, 2.05) is 22.8 Å². The van der Waals surface area contributed by atoms with E-state index in [0.717, 1.165) is 37.3 Å². The van der Waals surface area contributed by atoms with E-state index in [9.17, 15) is 4.79 Å². The quantitative estimate of drug-likeness (QED) is 0.517. The lowest BCUT2D eigenvalue weighted by molar-refractivity contribution is -0.124. The zero-order valence-electron chi connectivity index (χ0n) is 19.3. The molecular formula is C24H31N9O. The van der Waals surface area contributed by atoms with Crippen molar-refractivity contribution >= 4 is 29.0 Å². The second kappa shape index (κ2) is 7.97. The first-order valence-electron chi connectivity index (χ1n) is 12.7. The van der Waals surface area contributed by atoms with Gasteiger partial charge in [-0.1, -0.05) is 0 Å². The molecule has 34 heavy (non-hydrogen) atoms. The normalized spacial score (nSPS) is 28.5. The third kappa shape index (κ3) is 3.60. The maximum atomic E-state index is 13.4. The van der Waals surface area contributed by atoms with Crippen LogP contribution < -0.4 is 15.5 Å². The standard InChI is InChI=1S/C24H31N9O/c34-23(25-18-14-31-11-7-16(18)8-12-31)20-4-1-9-32(20)24-27-22(19-3-2-10-33(19)30-24)26-21-13-17(28-29-21)15-5-6-15/h2-3,10,13,15-16,18,20H,1,4-9,11-12,14H2,(H,25,34)(H2,26,27,28,29,30)/t18?,20-/m0/s1. The predicted octanol–water partition coefficient (Wildman–Crippen LogP) is 2.25. The summed E-state index contributed by atoms with van der Waals surface area (Å²) in [7, 11) is 0. The smallest absolute Gasteiger partial charge is 0.246 e. The molecule has 2 atom stereocenters. The number of nitrogens with zero attached hydrogens (tertiary/aromatic N) is 6. The Kier molecular flexibility index (Phi) is 4.75. The number of fused-ring (bicyclic) bond motifs is 4. The number of amides is 1. The molecule has 3 aromatic rings. The van der Waals surface area contributed by atoms with Gasteiger partial charge in [-0.3, -0.25) is 9.89 Å². The fraction of sp³-hybridized carbons (Fsp3) is 0.583. The van der Waals surface area contributed by atoms with Crippen LogP contribution in [0.1, 0.15) is 50.1 Å². The van der Waals surface area contributed by atoms with Crippen LogP contribution in [0.15, 0.2) is 24.4 Å². The van der Waals surface area contributed by atoms with Gasteiger partial charge in [0.05, 0.1) is 0 Å². The van der Waals surface area contributed by atoms with E-state index in [0.29, 0.717) is 23.6 Å². The maximum absolute atomic E-state index is 13.4. The van der Waals surface area contributed by atoms with Gasteiger partial charge >= 0.3 is 0 Å². The molecule has 1 amide bonds. The highest BCUT2D eigenvalue weighted by Crippen LogP contribution is 2.40. The Balaban J connectivity index is 1.13. The van der Waals surface area contributed by atoms with Crippen LogP contribution in [0.2, 0.25) is 0 Å². The van der Waals surface area contributed by atoms with Gasteiger partial charge < -0.3 is 20.4 Å². The number of aromatic amines is 1. The first kappa shape index (κ1) is 20.3. The number of anilines is 3. The second-order valence-corrected chi connectivity index (χ2v) is 10.3. The van der Waals surface area contributed by atoms with Crippen LogP contribution in [0, 0.1) is 5.92 Å². The van der Waals surface area contributed by atoms with Crippen LogP contribution in [-0.4, -0.2) is 73.9 Å². The molecule has 5 fully saturated rings. The molecule has 178 valence electrons. The molecule has 5 aliphatic rings. The van der Waals surface area contributed by atoms with Crippen LogP contribution in [0.4, 0.5) is 17.6 Å². The third-order valence-corrected chi connectivity index (χ3v) is 8.04. The number of hydrogen-bond donors (Lipinski definition) is 3. The van der Waals surface area contributed by atoms with Crippen molar-refractivity contribution in [2.75, 3.05) is 36.4 Å². The molecule has 1 unspecified atom stereocenters. The zero-order valence-corrected chi connectivity index (χ0v) is 19.3. The van der Waals surface area contributed by atoms with E-state index >= 15 is 0 Å². The van der Waals surface area contributed by atoms with Gasteiger partial charge in [0, 0.05) is 43.0 Å². The van der Waals surface area contributed by atoms with Gasteiger partial charge in [0.1, 0.15) is 11.6 Å². The summed E-state index contributed by atoms with van der Waals surface area (Å²) in [5.41, 5.74) is 2.06. The van der Waals surface area contributed by atoms with Crippen molar-refractivity contribution < 1.29 is 4.79 Å². The number of hydrogen-bond acceptors (Lipinski definition) is 7. The lowest BCUT2D eigenvalue weighted by Gasteiger charge is -2.45. The molecule has 3 N–H and O–H groups in total. The molecule has 8 rings (SSSR count). The van der Waals surface area contributed by atoms with E-state index in [-0.39, 0.29) is 18.0 Å². The fourth-order valence-electron chi connectivity index (χ4n) is 5.95. The summed E-state index contributed by atoms with van der Waals surface area (Å²) in [6, 6.07) is 6.05. The SMILES string of the molecule is O=C(NC1CN2CCC1CC2)[C@@H]1CCCN1c1nc(Nc2cc(C3CC3)[nH]n2)c2cccn2n1. The zero-order chi connectivity index (χ0) is 22.6. The van der Waals surface area contributed by atoms with E-state index in [2.05, 4.69) is 36.7 Å². The van der Waals surface area contributed by atoms with Crippen LogP contribution in [0.25, 0.3) is 5.52 Å². The van der Waals surface area contributed by atoms with Gasteiger partial charge in [-0.25, -0.2) is 4.52 Å². The number of rotatable bonds is 6. The highest BCUT2D eigenvalue weighted by atomic mass is 16.2. The molecule has 1 aliphatic carbocycles. The molecule has 4 aliphatic heterocycles. The van der Waals surface area contributed by atoms with Crippen molar-refractivity contribution in [3.8, 4) is 0 Å². The number of H-pyrrole nitrogens is 1. The van der Waals surface area contributed by atoms with E-state index in [1.54, 1.807) is 0 Å². The van der Waals surface area contributed by atoms with Gasteiger partial charge in [0.2, 0.25) is 11.9 Å². The van der Waals surface area contributed by atoms with Crippen LogP contribution >= 0.6 is 0 Å². The van der Waals surface area contributed by atoms with Gasteiger partial charge in [-0.2, -0.15) is 10.1 Å². The second-order valence-electron chi connectivity index (χ2n) is 10.3. The van der Waals surface area contributed by atoms with Gasteiger partial charge in [-0.05, 0) is 69.7 Å². The summed E-state index contributed by atoms with van der Waals surface area (Å²) in [6.07, 6.45) is 8.53. The number of nitrogens with one attached hydrogen (secondary N) is 3. The molecule has 4 saturated heterocycles. The maximum Gasteiger partial charge on any atom is 0.246 e. The largest absolute Gasteiger partial charge is 0.350 e. The Bertz CT molecular complexity index is 1210. The average Bonchev–Trinajstić information content (AvgIpc) is 3.25. The molecule has 0 spiro atoms.